The minimum Gasteiger partial charge on any atom is -0.396 e. The van der Waals surface area contributed by atoms with Crippen LogP contribution < -0.4 is 21.9 Å². The van der Waals surface area contributed by atoms with Gasteiger partial charge in [-0.05, 0) is 12.8 Å². The third-order valence-electron chi connectivity index (χ3n) is 3.37. The maximum atomic E-state index is 11.7. The highest BCUT2D eigenvalue weighted by Crippen LogP contribution is 2.29. The topological polar surface area (TPSA) is 153 Å². The van der Waals surface area contributed by atoms with E-state index in [1.165, 1.54) is 0 Å². The molecule has 2 rings (SSSR count). The molecule has 0 aliphatic heterocycles. The van der Waals surface area contributed by atoms with E-state index >= 15 is 0 Å². The van der Waals surface area contributed by atoms with Gasteiger partial charge in [-0.2, -0.15) is 4.98 Å². The number of aliphatic hydroxyl groups excluding tert-OH is 2. The highest BCUT2D eigenvalue weighted by Gasteiger charge is 2.33. The molecule has 20 heavy (non-hydrogen) atoms. The quantitative estimate of drug-likeness (QED) is 0.358. The second-order valence-corrected chi connectivity index (χ2v) is 4.76. The van der Waals surface area contributed by atoms with Gasteiger partial charge >= 0.3 is 0 Å². The first-order valence-corrected chi connectivity index (χ1v) is 6.20. The third kappa shape index (κ3) is 2.89. The molecule has 9 nitrogen and oxygen atoms in total. The molecule has 1 unspecified atom stereocenters. The lowest BCUT2D eigenvalue weighted by molar-refractivity contribution is -0.105. The van der Waals surface area contributed by atoms with Crippen LogP contribution in [0.5, 0.6) is 0 Å². The maximum Gasteiger partial charge on any atom is 0.278 e. The molecule has 0 radical (unpaired) electrons. The highest BCUT2D eigenvalue weighted by molar-refractivity contribution is 5.78. The van der Waals surface area contributed by atoms with Gasteiger partial charge in [0.2, 0.25) is 12.4 Å². The standard InChI is InChI=1S/C11H17N5O4/c12-11-15-9(8(13-4-18)10(20)16-11)14-6-1-5(3-17)7(19)2-6/h4-7,17,19H,1-3H2,(H,13,18)(H4,12,14,15,16,20)/t5-,6-,7?/m1/s1. The molecular formula is C11H17N5O4. The number of nitrogens with two attached hydrogens (primary N) is 1. The van der Waals surface area contributed by atoms with Gasteiger partial charge in [-0.25, -0.2) is 0 Å². The van der Waals surface area contributed by atoms with E-state index in [-0.39, 0.29) is 36.0 Å². The van der Waals surface area contributed by atoms with Crippen LogP contribution in [0.3, 0.4) is 0 Å². The van der Waals surface area contributed by atoms with Crippen LogP contribution in [-0.2, 0) is 4.79 Å². The fourth-order valence-electron chi connectivity index (χ4n) is 2.40. The number of carbonyl (C=O) groups is 1. The molecule has 1 amide bonds. The van der Waals surface area contributed by atoms with Crippen LogP contribution in [-0.4, -0.2) is 45.3 Å². The molecule has 0 saturated heterocycles. The summed E-state index contributed by atoms with van der Waals surface area (Å²) in [7, 11) is 0. The van der Waals surface area contributed by atoms with Crippen LogP contribution in [0.2, 0.25) is 0 Å². The Balaban J connectivity index is 2.21. The van der Waals surface area contributed by atoms with E-state index in [2.05, 4.69) is 20.6 Å². The Morgan fingerprint density at radius 2 is 2.25 bits per heavy atom. The molecule has 0 spiro atoms. The molecule has 0 bridgehead atoms. The second-order valence-electron chi connectivity index (χ2n) is 4.76. The molecule has 7 N–H and O–H groups in total. The predicted molar refractivity (Wildman–Crippen MR) is 72.2 cm³/mol. The summed E-state index contributed by atoms with van der Waals surface area (Å²) in [6.07, 6.45) is 0.708. The van der Waals surface area contributed by atoms with E-state index in [9.17, 15) is 14.7 Å². The van der Waals surface area contributed by atoms with Crippen molar-refractivity contribution in [1.82, 2.24) is 9.97 Å². The number of anilines is 3. The summed E-state index contributed by atoms with van der Waals surface area (Å²) in [5.74, 6) is -0.144. The Hall–Kier alpha value is -2.13. The SMILES string of the molecule is Nc1nc(N[C@H]2CC(O)[C@@H](CO)C2)c(NC=O)c(=O)[nH]1. The normalized spacial score (nSPS) is 25.4. The lowest BCUT2D eigenvalue weighted by Crippen LogP contribution is -2.24. The Kier molecular flexibility index (Phi) is 4.20. The van der Waals surface area contributed by atoms with Crippen molar-refractivity contribution in [3.8, 4) is 0 Å². The zero-order chi connectivity index (χ0) is 14.7. The van der Waals surface area contributed by atoms with E-state index in [1.807, 2.05) is 0 Å². The van der Waals surface area contributed by atoms with Gasteiger partial charge in [-0.1, -0.05) is 0 Å². The van der Waals surface area contributed by atoms with Crippen molar-refractivity contribution in [2.75, 3.05) is 23.0 Å². The average Bonchev–Trinajstić information content (AvgIpc) is 2.73. The molecule has 3 atom stereocenters. The van der Waals surface area contributed by atoms with Crippen molar-refractivity contribution in [2.45, 2.75) is 25.0 Å². The lowest BCUT2D eigenvalue weighted by atomic mass is 10.1. The van der Waals surface area contributed by atoms with Crippen LogP contribution in [0.1, 0.15) is 12.8 Å². The van der Waals surface area contributed by atoms with Crippen molar-refractivity contribution in [2.24, 2.45) is 5.92 Å². The number of aromatic nitrogens is 2. The molecular weight excluding hydrogens is 266 g/mol. The molecule has 1 aromatic heterocycles. The molecule has 9 heteroatoms. The number of H-pyrrole nitrogens is 1. The highest BCUT2D eigenvalue weighted by atomic mass is 16.3. The minimum absolute atomic E-state index is 0.0314. The fourth-order valence-corrected chi connectivity index (χ4v) is 2.40. The van der Waals surface area contributed by atoms with Crippen molar-refractivity contribution < 1.29 is 15.0 Å². The smallest absolute Gasteiger partial charge is 0.278 e. The van der Waals surface area contributed by atoms with Crippen LogP contribution >= 0.6 is 0 Å². The van der Waals surface area contributed by atoms with Crippen molar-refractivity contribution in [3.63, 3.8) is 0 Å². The summed E-state index contributed by atoms with van der Waals surface area (Å²) in [6.45, 7) is -0.107. The fraction of sp³-hybridized carbons (Fsp3) is 0.545. The number of hydrogen-bond acceptors (Lipinski definition) is 7. The van der Waals surface area contributed by atoms with Gasteiger partial charge in [0.05, 0.1) is 6.10 Å². The predicted octanol–water partition coefficient (Wildman–Crippen LogP) is -1.54. The summed E-state index contributed by atoms with van der Waals surface area (Å²) >= 11 is 0. The first kappa shape index (κ1) is 14.3. The molecule has 110 valence electrons. The van der Waals surface area contributed by atoms with E-state index < -0.39 is 11.7 Å². The molecule has 1 aliphatic carbocycles. The van der Waals surface area contributed by atoms with Crippen LogP contribution in [0, 0.1) is 5.92 Å². The summed E-state index contributed by atoms with van der Waals surface area (Å²) in [4.78, 5) is 28.4. The van der Waals surface area contributed by atoms with Crippen molar-refractivity contribution >= 4 is 23.9 Å². The monoisotopic (exact) mass is 283 g/mol. The number of amides is 1. The van der Waals surface area contributed by atoms with Gasteiger partial charge in [0.25, 0.3) is 5.56 Å². The van der Waals surface area contributed by atoms with Crippen LogP contribution in [0.25, 0.3) is 0 Å². The van der Waals surface area contributed by atoms with Gasteiger partial charge in [-0.3, -0.25) is 14.6 Å². The summed E-state index contributed by atoms with van der Waals surface area (Å²) in [6, 6.07) is -0.164. The number of nitrogens with one attached hydrogen (secondary N) is 3. The number of aliphatic hydroxyl groups is 2. The number of rotatable bonds is 5. The molecule has 1 fully saturated rings. The number of aromatic amines is 1. The van der Waals surface area contributed by atoms with Crippen molar-refractivity contribution in [3.05, 3.63) is 10.4 Å². The molecule has 1 heterocycles. The zero-order valence-corrected chi connectivity index (χ0v) is 10.7. The maximum absolute atomic E-state index is 11.7. The van der Waals surface area contributed by atoms with Gasteiger partial charge in [-0.15, -0.1) is 0 Å². The number of hydrogen-bond donors (Lipinski definition) is 6. The summed E-state index contributed by atoms with van der Waals surface area (Å²) in [5.41, 5.74) is 4.87. The van der Waals surface area contributed by atoms with E-state index in [0.29, 0.717) is 19.3 Å². The third-order valence-corrected chi connectivity index (χ3v) is 3.37. The van der Waals surface area contributed by atoms with Gasteiger partial charge < -0.3 is 26.6 Å². The number of nitrogens with zero attached hydrogens (tertiary/aromatic N) is 1. The summed E-state index contributed by atoms with van der Waals surface area (Å²) in [5, 5.41) is 24.1. The molecule has 1 saturated carbocycles. The molecule has 1 aliphatic rings. The van der Waals surface area contributed by atoms with Crippen molar-refractivity contribution in [1.29, 1.82) is 0 Å². The average molecular weight is 283 g/mol. The van der Waals surface area contributed by atoms with E-state index in [4.69, 9.17) is 10.8 Å². The first-order valence-electron chi connectivity index (χ1n) is 6.20. The van der Waals surface area contributed by atoms with E-state index in [0.717, 1.165) is 0 Å². The Bertz CT molecular complexity index is 546. The number of carbonyl (C=O) groups excluding carboxylic acids is 1. The minimum atomic E-state index is -0.612. The first-order chi connectivity index (χ1) is 9.55. The Labute approximate surface area is 114 Å². The van der Waals surface area contributed by atoms with E-state index in [1.54, 1.807) is 0 Å². The van der Waals surface area contributed by atoms with Gasteiger partial charge in [0, 0.05) is 18.6 Å². The lowest BCUT2D eigenvalue weighted by Gasteiger charge is -2.15. The zero-order valence-electron chi connectivity index (χ0n) is 10.7. The number of nitrogen functional groups attached to an aromatic ring is 1. The Morgan fingerprint density at radius 3 is 2.85 bits per heavy atom. The molecule has 1 aromatic rings. The second kappa shape index (κ2) is 5.88. The Morgan fingerprint density at radius 1 is 1.50 bits per heavy atom. The molecule has 0 aromatic carbocycles. The van der Waals surface area contributed by atoms with Crippen LogP contribution in [0.4, 0.5) is 17.5 Å². The van der Waals surface area contributed by atoms with Crippen LogP contribution in [0.15, 0.2) is 4.79 Å². The van der Waals surface area contributed by atoms with Gasteiger partial charge in [0.15, 0.2) is 5.82 Å². The summed E-state index contributed by atoms with van der Waals surface area (Å²) < 4.78 is 0. The largest absolute Gasteiger partial charge is 0.396 e. The van der Waals surface area contributed by atoms with Gasteiger partial charge in [0.1, 0.15) is 5.69 Å².